The number of rotatable bonds is 7. The molecule has 4 rings (SSSR count). The van der Waals surface area contributed by atoms with Crippen LogP contribution in [0.5, 0.6) is 0 Å². The first-order valence-electron chi connectivity index (χ1n) is 13.3. The number of hydrogen-bond acceptors (Lipinski definition) is 5. The zero-order valence-electron chi connectivity index (χ0n) is 21.2. The van der Waals surface area contributed by atoms with Gasteiger partial charge in [0.15, 0.2) is 11.4 Å². The number of likely N-dealkylation sites (tertiary alicyclic amines) is 1. The molecular formula is C27H43N5O. The third-order valence-corrected chi connectivity index (χ3v) is 7.71. The predicted octanol–water partition coefficient (Wildman–Crippen LogP) is 5.46. The van der Waals surface area contributed by atoms with E-state index in [1.165, 1.54) is 45.1 Å². The van der Waals surface area contributed by atoms with E-state index in [4.69, 9.17) is 4.98 Å². The smallest absolute Gasteiger partial charge is 0.184 e. The highest BCUT2D eigenvalue weighted by Crippen LogP contribution is 2.29. The van der Waals surface area contributed by atoms with Crippen molar-refractivity contribution < 1.29 is 4.79 Å². The largest absolute Gasteiger partial charge is 0.357 e. The second-order valence-electron chi connectivity index (χ2n) is 10.9. The Morgan fingerprint density at radius 2 is 1.82 bits per heavy atom. The van der Waals surface area contributed by atoms with Gasteiger partial charge in [0, 0.05) is 32.6 Å². The Balaban J connectivity index is 1.42. The van der Waals surface area contributed by atoms with Gasteiger partial charge in [-0.15, -0.1) is 0 Å². The molecule has 0 N–H and O–H groups in total. The lowest BCUT2D eigenvalue weighted by atomic mass is 9.86. The molecule has 0 bridgehead atoms. The van der Waals surface area contributed by atoms with E-state index in [9.17, 15) is 4.79 Å². The molecule has 0 spiro atoms. The first kappa shape index (κ1) is 24.2. The molecule has 2 aromatic rings. The van der Waals surface area contributed by atoms with Crippen molar-refractivity contribution in [3.05, 3.63) is 17.8 Å². The molecule has 0 saturated carbocycles. The number of nitrogens with zero attached hydrogens (tertiary/aromatic N) is 5. The Morgan fingerprint density at radius 3 is 2.52 bits per heavy atom. The lowest BCUT2D eigenvalue weighted by Gasteiger charge is -2.37. The van der Waals surface area contributed by atoms with E-state index < -0.39 is 0 Å². The van der Waals surface area contributed by atoms with Crippen LogP contribution in [-0.4, -0.2) is 57.7 Å². The van der Waals surface area contributed by atoms with Gasteiger partial charge in [-0.25, -0.2) is 9.67 Å². The number of aromatic nitrogens is 3. The van der Waals surface area contributed by atoms with Gasteiger partial charge < -0.3 is 9.80 Å². The quantitative estimate of drug-likeness (QED) is 0.521. The van der Waals surface area contributed by atoms with E-state index >= 15 is 0 Å². The number of Topliss-reactive ketones (excluding diaryl/α,β-unsaturated/α-hetero) is 1. The number of carbonyl (C=O) groups excluding carboxylic acids is 1. The average molecular weight is 454 g/mol. The SMILES string of the molecule is CC(C)CCN1CCC(CC(=O)c2nn(C)c3nc(N4CCCCCCC4)ccc23)CC1C. The maximum Gasteiger partial charge on any atom is 0.184 e. The molecule has 0 radical (unpaired) electrons. The molecule has 182 valence electrons. The standard InChI is InChI=1S/C27H43N5O/c1-20(2)12-16-31-17-13-22(18-21(31)3)19-24(33)26-23-10-11-25(28-27(23)30(4)29-26)32-14-8-6-5-7-9-15-32/h10-11,20-22H,5-9,12-19H2,1-4H3. The maximum absolute atomic E-state index is 13.3. The summed E-state index contributed by atoms with van der Waals surface area (Å²) in [6, 6.07) is 4.73. The number of anilines is 1. The molecule has 0 aliphatic carbocycles. The fourth-order valence-corrected chi connectivity index (χ4v) is 5.60. The Kier molecular flexibility index (Phi) is 8.05. The first-order chi connectivity index (χ1) is 15.9. The summed E-state index contributed by atoms with van der Waals surface area (Å²) in [6.07, 6.45) is 10.5. The predicted molar refractivity (Wildman–Crippen MR) is 136 cm³/mol. The molecular weight excluding hydrogens is 410 g/mol. The topological polar surface area (TPSA) is 54.3 Å². The Labute approximate surface area is 199 Å². The van der Waals surface area contributed by atoms with Crippen LogP contribution in [0.25, 0.3) is 11.0 Å². The highest BCUT2D eigenvalue weighted by Gasteiger charge is 2.28. The summed E-state index contributed by atoms with van der Waals surface area (Å²) in [5.74, 6) is 2.39. The monoisotopic (exact) mass is 453 g/mol. The highest BCUT2D eigenvalue weighted by molar-refractivity contribution is 6.05. The second-order valence-corrected chi connectivity index (χ2v) is 10.9. The third-order valence-electron chi connectivity index (χ3n) is 7.71. The van der Waals surface area contributed by atoms with Crippen LogP contribution in [-0.2, 0) is 7.05 Å². The molecule has 2 fully saturated rings. The minimum Gasteiger partial charge on any atom is -0.357 e. The van der Waals surface area contributed by atoms with Gasteiger partial charge in [-0.1, -0.05) is 33.1 Å². The van der Waals surface area contributed by atoms with Gasteiger partial charge in [0.2, 0.25) is 0 Å². The Morgan fingerprint density at radius 1 is 1.09 bits per heavy atom. The summed E-state index contributed by atoms with van der Waals surface area (Å²) in [5, 5.41) is 5.54. The molecule has 2 atom stereocenters. The molecule has 6 heteroatoms. The number of pyridine rings is 1. The van der Waals surface area contributed by atoms with Crippen LogP contribution >= 0.6 is 0 Å². The molecule has 2 aromatic heterocycles. The van der Waals surface area contributed by atoms with Gasteiger partial charge in [0.05, 0.1) is 5.39 Å². The number of ketones is 1. The van der Waals surface area contributed by atoms with Crippen molar-refractivity contribution in [1.82, 2.24) is 19.7 Å². The van der Waals surface area contributed by atoms with Crippen LogP contribution in [0.2, 0.25) is 0 Å². The molecule has 2 aliphatic rings. The van der Waals surface area contributed by atoms with Crippen molar-refractivity contribution in [2.45, 2.75) is 84.6 Å². The average Bonchev–Trinajstić information content (AvgIpc) is 3.09. The number of hydrogen-bond donors (Lipinski definition) is 0. The van der Waals surface area contributed by atoms with E-state index in [0.29, 0.717) is 24.1 Å². The van der Waals surface area contributed by atoms with Crippen LogP contribution in [0.1, 0.15) is 89.0 Å². The lowest BCUT2D eigenvalue weighted by Crippen LogP contribution is -2.42. The number of piperidine rings is 1. The molecule has 0 amide bonds. The Hall–Kier alpha value is -1.95. The van der Waals surface area contributed by atoms with Gasteiger partial charge >= 0.3 is 0 Å². The summed E-state index contributed by atoms with van der Waals surface area (Å²) in [5.41, 5.74) is 1.43. The maximum atomic E-state index is 13.3. The van der Waals surface area contributed by atoms with Crippen LogP contribution in [0.3, 0.4) is 0 Å². The molecule has 4 heterocycles. The van der Waals surface area contributed by atoms with Crippen molar-refractivity contribution in [1.29, 1.82) is 0 Å². The zero-order chi connectivity index (χ0) is 23.4. The lowest BCUT2D eigenvalue weighted by molar-refractivity contribution is 0.0857. The number of carbonyl (C=O) groups is 1. The first-order valence-corrected chi connectivity index (χ1v) is 13.3. The van der Waals surface area contributed by atoms with Gasteiger partial charge in [-0.05, 0) is 76.1 Å². The summed E-state index contributed by atoms with van der Waals surface area (Å²) in [4.78, 5) is 23.2. The molecule has 2 unspecified atom stereocenters. The second kappa shape index (κ2) is 11.0. The number of fused-ring (bicyclic) bond motifs is 1. The summed E-state index contributed by atoms with van der Waals surface area (Å²) < 4.78 is 1.80. The van der Waals surface area contributed by atoms with Crippen LogP contribution < -0.4 is 4.90 Å². The van der Waals surface area contributed by atoms with Crippen molar-refractivity contribution in [2.75, 3.05) is 31.1 Å². The van der Waals surface area contributed by atoms with Crippen LogP contribution in [0.15, 0.2) is 12.1 Å². The van der Waals surface area contributed by atoms with Crippen LogP contribution in [0.4, 0.5) is 5.82 Å². The van der Waals surface area contributed by atoms with Gasteiger partial charge in [-0.3, -0.25) is 4.79 Å². The van der Waals surface area contributed by atoms with Crippen molar-refractivity contribution in [3.63, 3.8) is 0 Å². The van der Waals surface area contributed by atoms with Gasteiger partial charge in [0.25, 0.3) is 0 Å². The minimum absolute atomic E-state index is 0.175. The summed E-state index contributed by atoms with van der Waals surface area (Å²) in [6.45, 7) is 11.3. The van der Waals surface area contributed by atoms with E-state index in [1.807, 2.05) is 7.05 Å². The third kappa shape index (κ3) is 5.95. The normalized spacial score (nSPS) is 23.1. The molecule has 6 nitrogen and oxygen atoms in total. The van der Waals surface area contributed by atoms with Crippen molar-refractivity contribution in [3.8, 4) is 0 Å². The Bertz CT molecular complexity index is 928. The fraction of sp³-hybridized carbons (Fsp3) is 0.741. The van der Waals surface area contributed by atoms with E-state index in [0.717, 1.165) is 55.2 Å². The van der Waals surface area contributed by atoms with Crippen molar-refractivity contribution >= 4 is 22.6 Å². The van der Waals surface area contributed by atoms with E-state index in [1.54, 1.807) is 4.68 Å². The summed E-state index contributed by atoms with van der Waals surface area (Å²) in [7, 11) is 1.92. The van der Waals surface area contributed by atoms with E-state index in [-0.39, 0.29) is 5.78 Å². The fourth-order valence-electron chi connectivity index (χ4n) is 5.60. The molecule has 2 saturated heterocycles. The van der Waals surface area contributed by atoms with E-state index in [2.05, 4.69) is 47.8 Å². The minimum atomic E-state index is 0.175. The number of aryl methyl sites for hydroxylation is 1. The molecule has 33 heavy (non-hydrogen) atoms. The van der Waals surface area contributed by atoms with Crippen molar-refractivity contribution in [2.24, 2.45) is 18.9 Å². The highest BCUT2D eigenvalue weighted by atomic mass is 16.1. The molecule has 0 aromatic carbocycles. The van der Waals surface area contributed by atoms with Gasteiger partial charge in [0.1, 0.15) is 11.5 Å². The zero-order valence-corrected chi connectivity index (χ0v) is 21.2. The van der Waals surface area contributed by atoms with Gasteiger partial charge in [-0.2, -0.15) is 5.10 Å². The van der Waals surface area contributed by atoms with Crippen LogP contribution in [0, 0.1) is 11.8 Å². The summed E-state index contributed by atoms with van der Waals surface area (Å²) >= 11 is 0. The molecule has 2 aliphatic heterocycles.